The van der Waals surface area contributed by atoms with Gasteiger partial charge in [-0.05, 0) is 18.2 Å². The summed E-state index contributed by atoms with van der Waals surface area (Å²) in [6, 6.07) is 8.35. The maximum atomic E-state index is 11.7. The number of carbonyl (C=O) groups is 1. The van der Waals surface area contributed by atoms with Crippen molar-refractivity contribution in [2.24, 2.45) is 0 Å². The van der Waals surface area contributed by atoms with E-state index >= 15 is 0 Å². The minimum Gasteiger partial charge on any atom is -0.508 e. The second kappa shape index (κ2) is 4.27. The Morgan fingerprint density at radius 1 is 1.22 bits per heavy atom. The van der Waals surface area contributed by atoms with Gasteiger partial charge in [-0.2, -0.15) is 0 Å². The van der Waals surface area contributed by atoms with Gasteiger partial charge in [0.1, 0.15) is 11.8 Å². The largest absolute Gasteiger partial charge is 0.508 e. The quantitative estimate of drug-likeness (QED) is 0.689. The fraction of sp³-hybridized carbons (Fsp3) is 0.231. The van der Waals surface area contributed by atoms with E-state index in [2.05, 4.69) is 15.6 Å². The van der Waals surface area contributed by atoms with Gasteiger partial charge in [-0.15, -0.1) is 0 Å². The average molecular weight is 243 g/mol. The van der Waals surface area contributed by atoms with E-state index in [1.807, 2.05) is 12.1 Å². The van der Waals surface area contributed by atoms with Crippen LogP contribution in [0.5, 0.6) is 5.75 Å². The number of hydrogen-bond donors (Lipinski definition) is 3. The second-order valence-electron chi connectivity index (χ2n) is 4.29. The summed E-state index contributed by atoms with van der Waals surface area (Å²) in [7, 11) is 0. The van der Waals surface area contributed by atoms with E-state index in [0.29, 0.717) is 17.8 Å². The summed E-state index contributed by atoms with van der Waals surface area (Å²) in [4.78, 5) is 16.2. The fourth-order valence-corrected chi connectivity index (χ4v) is 2.12. The van der Waals surface area contributed by atoms with Crippen molar-refractivity contribution in [3.05, 3.63) is 36.0 Å². The zero-order chi connectivity index (χ0) is 12.5. The first-order chi connectivity index (χ1) is 8.74. The van der Waals surface area contributed by atoms with Crippen molar-refractivity contribution < 1.29 is 9.90 Å². The molecule has 5 nitrogen and oxygen atoms in total. The lowest BCUT2D eigenvalue weighted by molar-refractivity contribution is -0.124. The van der Waals surface area contributed by atoms with Crippen LogP contribution >= 0.6 is 0 Å². The smallest absolute Gasteiger partial charge is 0.243 e. The number of phenols is 1. The molecule has 0 radical (unpaired) electrons. The Bertz CT molecular complexity index is 612. The molecule has 0 saturated carbocycles. The predicted molar refractivity (Wildman–Crippen MR) is 67.2 cm³/mol. The third kappa shape index (κ3) is 1.89. The van der Waals surface area contributed by atoms with Crippen molar-refractivity contribution in [3.63, 3.8) is 0 Å². The molecular weight excluding hydrogens is 230 g/mol. The topological polar surface area (TPSA) is 74.2 Å². The molecule has 0 bridgehead atoms. The normalized spacial score (nSPS) is 19.8. The first-order valence-electron chi connectivity index (χ1n) is 5.85. The van der Waals surface area contributed by atoms with Gasteiger partial charge in [0.15, 0.2) is 0 Å². The molecule has 0 spiro atoms. The Balaban J connectivity index is 2.04. The van der Waals surface area contributed by atoms with Crippen LogP contribution in [0.3, 0.4) is 0 Å². The summed E-state index contributed by atoms with van der Waals surface area (Å²) in [5.74, 6) is 0.112. The van der Waals surface area contributed by atoms with E-state index in [0.717, 1.165) is 11.9 Å². The molecule has 1 aliphatic rings. The number of aromatic nitrogens is 1. The summed E-state index contributed by atoms with van der Waals surface area (Å²) < 4.78 is 0. The number of benzene rings is 1. The Kier molecular flexibility index (Phi) is 2.60. The molecule has 2 heterocycles. The molecule has 1 unspecified atom stereocenters. The SMILES string of the molecule is O=C1NCCNC1c1ccc2ccc(O)cc2n1. The van der Waals surface area contributed by atoms with E-state index < -0.39 is 6.04 Å². The zero-order valence-electron chi connectivity index (χ0n) is 9.68. The number of nitrogens with one attached hydrogen (secondary N) is 2. The lowest BCUT2D eigenvalue weighted by Gasteiger charge is -2.23. The molecule has 0 aliphatic carbocycles. The molecule has 1 fully saturated rings. The molecule has 1 amide bonds. The van der Waals surface area contributed by atoms with Crippen LogP contribution in [0.15, 0.2) is 30.3 Å². The van der Waals surface area contributed by atoms with Gasteiger partial charge >= 0.3 is 0 Å². The Morgan fingerprint density at radius 3 is 2.89 bits per heavy atom. The van der Waals surface area contributed by atoms with Crippen LogP contribution in [0.2, 0.25) is 0 Å². The van der Waals surface area contributed by atoms with Crippen molar-refractivity contribution in [2.45, 2.75) is 6.04 Å². The van der Waals surface area contributed by atoms with Crippen molar-refractivity contribution in [1.82, 2.24) is 15.6 Å². The molecule has 92 valence electrons. The Morgan fingerprint density at radius 2 is 2.06 bits per heavy atom. The highest BCUT2D eigenvalue weighted by atomic mass is 16.3. The monoisotopic (exact) mass is 243 g/mol. The van der Waals surface area contributed by atoms with E-state index in [1.165, 1.54) is 0 Å². The minimum atomic E-state index is -0.412. The summed E-state index contributed by atoms with van der Waals surface area (Å²) in [6.45, 7) is 1.37. The van der Waals surface area contributed by atoms with E-state index in [9.17, 15) is 9.90 Å². The van der Waals surface area contributed by atoms with Crippen molar-refractivity contribution >= 4 is 16.8 Å². The van der Waals surface area contributed by atoms with Crippen LogP contribution in [0.4, 0.5) is 0 Å². The highest BCUT2D eigenvalue weighted by Gasteiger charge is 2.24. The third-order valence-electron chi connectivity index (χ3n) is 3.03. The van der Waals surface area contributed by atoms with Gasteiger partial charge in [-0.25, -0.2) is 0 Å². The third-order valence-corrected chi connectivity index (χ3v) is 3.03. The second-order valence-corrected chi connectivity index (χ2v) is 4.29. The number of aromatic hydroxyl groups is 1. The van der Waals surface area contributed by atoms with Crippen molar-refractivity contribution in [2.75, 3.05) is 13.1 Å². The van der Waals surface area contributed by atoms with Gasteiger partial charge < -0.3 is 10.4 Å². The number of phenolic OH excluding ortho intramolecular Hbond substituents is 1. The maximum Gasteiger partial charge on any atom is 0.243 e. The fourth-order valence-electron chi connectivity index (χ4n) is 2.12. The lowest BCUT2D eigenvalue weighted by atomic mass is 10.1. The molecule has 2 aromatic rings. The lowest BCUT2D eigenvalue weighted by Crippen LogP contribution is -2.47. The maximum absolute atomic E-state index is 11.7. The van der Waals surface area contributed by atoms with Gasteiger partial charge in [-0.3, -0.25) is 15.1 Å². The van der Waals surface area contributed by atoms with Gasteiger partial charge in [0.2, 0.25) is 5.91 Å². The van der Waals surface area contributed by atoms with Crippen LogP contribution in [0.25, 0.3) is 10.9 Å². The highest BCUT2D eigenvalue weighted by Crippen LogP contribution is 2.21. The van der Waals surface area contributed by atoms with Gasteiger partial charge in [0, 0.05) is 24.5 Å². The van der Waals surface area contributed by atoms with E-state index in [-0.39, 0.29) is 11.7 Å². The van der Waals surface area contributed by atoms with Crippen LogP contribution in [-0.2, 0) is 4.79 Å². The summed E-state index contributed by atoms with van der Waals surface area (Å²) in [6.07, 6.45) is 0. The molecule has 3 N–H and O–H groups in total. The Labute approximate surface area is 104 Å². The summed E-state index contributed by atoms with van der Waals surface area (Å²) >= 11 is 0. The number of pyridine rings is 1. The molecule has 1 aromatic carbocycles. The molecule has 1 atom stereocenters. The van der Waals surface area contributed by atoms with Gasteiger partial charge in [0.25, 0.3) is 0 Å². The van der Waals surface area contributed by atoms with Crippen LogP contribution < -0.4 is 10.6 Å². The Hall–Kier alpha value is -2.14. The number of nitrogens with zero attached hydrogens (tertiary/aromatic N) is 1. The van der Waals surface area contributed by atoms with Crippen molar-refractivity contribution in [3.8, 4) is 5.75 Å². The van der Waals surface area contributed by atoms with Gasteiger partial charge in [0.05, 0.1) is 11.2 Å². The molecule has 1 aromatic heterocycles. The predicted octanol–water partition coefficient (Wildman–Crippen LogP) is 0.701. The number of hydrogen-bond acceptors (Lipinski definition) is 4. The molecule has 5 heteroatoms. The van der Waals surface area contributed by atoms with E-state index in [1.54, 1.807) is 18.2 Å². The number of piperazine rings is 1. The van der Waals surface area contributed by atoms with Crippen LogP contribution in [-0.4, -0.2) is 29.1 Å². The molecule has 1 aliphatic heterocycles. The minimum absolute atomic E-state index is 0.0618. The van der Waals surface area contributed by atoms with Crippen LogP contribution in [0, 0.1) is 0 Å². The van der Waals surface area contributed by atoms with Crippen LogP contribution in [0.1, 0.15) is 11.7 Å². The summed E-state index contributed by atoms with van der Waals surface area (Å²) in [5.41, 5.74) is 1.36. The first kappa shape index (κ1) is 11.0. The molecular formula is C13H13N3O2. The molecule has 18 heavy (non-hydrogen) atoms. The average Bonchev–Trinajstić information content (AvgIpc) is 2.38. The number of fused-ring (bicyclic) bond motifs is 1. The number of amides is 1. The van der Waals surface area contributed by atoms with Crippen molar-refractivity contribution in [1.29, 1.82) is 0 Å². The van der Waals surface area contributed by atoms with Gasteiger partial charge in [-0.1, -0.05) is 6.07 Å². The zero-order valence-corrected chi connectivity index (χ0v) is 9.68. The number of rotatable bonds is 1. The van der Waals surface area contributed by atoms with E-state index in [4.69, 9.17) is 0 Å². The summed E-state index contributed by atoms with van der Waals surface area (Å²) in [5, 5.41) is 16.3. The highest BCUT2D eigenvalue weighted by molar-refractivity contribution is 5.85. The number of carbonyl (C=O) groups excluding carboxylic acids is 1. The standard InChI is InChI=1S/C13H13N3O2/c17-9-3-1-8-2-4-10(16-11(8)7-9)12-13(18)15-6-5-14-12/h1-4,7,12,14,17H,5-6H2,(H,15,18). The molecule has 1 saturated heterocycles. The molecule has 3 rings (SSSR count). The first-order valence-corrected chi connectivity index (χ1v) is 5.85.